The molecule has 4 rings (SSSR count). The molecule has 0 aromatic heterocycles. The lowest BCUT2D eigenvalue weighted by molar-refractivity contribution is -0.135. The summed E-state index contributed by atoms with van der Waals surface area (Å²) >= 11 is 0.835. The van der Waals surface area contributed by atoms with Crippen molar-refractivity contribution in [3.05, 3.63) is 58.5 Å². The summed E-state index contributed by atoms with van der Waals surface area (Å²) in [5.41, 5.74) is 2.01. The van der Waals surface area contributed by atoms with E-state index in [1.807, 2.05) is 12.1 Å². The second kappa shape index (κ2) is 11.9. The topological polar surface area (TPSA) is 85.4 Å². The third-order valence-electron chi connectivity index (χ3n) is 6.44. The van der Waals surface area contributed by atoms with Gasteiger partial charge >= 0.3 is 0 Å². The minimum absolute atomic E-state index is 0.0886. The second-order valence-corrected chi connectivity index (χ2v) is 11.2. The average Bonchev–Trinajstić information content (AvgIpc) is 3.52. The van der Waals surface area contributed by atoms with Crippen molar-refractivity contribution >= 4 is 34.9 Å². The van der Waals surface area contributed by atoms with Crippen LogP contribution in [-0.4, -0.2) is 66.8 Å². The van der Waals surface area contributed by atoms with Gasteiger partial charge in [-0.05, 0) is 71.5 Å². The van der Waals surface area contributed by atoms with E-state index in [2.05, 4.69) is 32.9 Å². The molecule has 2 aromatic carbocycles. The van der Waals surface area contributed by atoms with Gasteiger partial charge in [0.1, 0.15) is 25.5 Å². The van der Waals surface area contributed by atoms with Crippen LogP contribution in [0.15, 0.2) is 47.4 Å². The molecular weight excluding hydrogens is 504 g/mol. The summed E-state index contributed by atoms with van der Waals surface area (Å²) in [5.74, 6) is 1.16. The number of thioether (sulfide) groups is 1. The van der Waals surface area contributed by atoms with Crippen LogP contribution in [0.2, 0.25) is 0 Å². The number of imide groups is 1. The van der Waals surface area contributed by atoms with Gasteiger partial charge in [-0.2, -0.15) is 0 Å². The first-order valence-electron chi connectivity index (χ1n) is 12.7. The fraction of sp³-hybridized carbons (Fsp3) is 0.414. The molecule has 0 saturated carbocycles. The van der Waals surface area contributed by atoms with Crippen molar-refractivity contribution in [2.45, 2.75) is 39.0 Å². The number of benzene rings is 2. The summed E-state index contributed by atoms with van der Waals surface area (Å²) in [6.07, 6.45) is 3.53. The van der Waals surface area contributed by atoms with Gasteiger partial charge in [0.25, 0.3) is 11.1 Å². The molecule has 9 heteroatoms. The van der Waals surface area contributed by atoms with Crippen LogP contribution in [0.5, 0.6) is 17.2 Å². The zero-order valence-corrected chi connectivity index (χ0v) is 23.1. The van der Waals surface area contributed by atoms with E-state index in [1.165, 1.54) is 12.7 Å². The second-order valence-electron chi connectivity index (χ2n) is 10.2. The molecule has 2 aromatic rings. The lowest BCUT2D eigenvalue weighted by Crippen LogP contribution is -2.40. The highest BCUT2D eigenvalue weighted by atomic mass is 32.2. The quantitative estimate of drug-likeness (QED) is 0.324. The zero-order valence-electron chi connectivity index (χ0n) is 22.3. The number of methoxy groups -OCH3 is 1. The van der Waals surface area contributed by atoms with Crippen molar-refractivity contribution in [3.63, 3.8) is 0 Å². The molecule has 0 atom stereocenters. The lowest BCUT2D eigenvalue weighted by atomic mass is 9.87. The van der Waals surface area contributed by atoms with Crippen LogP contribution in [0, 0.1) is 0 Å². The maximum atomic E-state index is 12.8. The van der Waals surface area contributed by atoms with Crippen LogP contribution in [0.25, 0.3) is 6.08 Å². The Kier molecular flexibility index (Phi) is 8.66. The van der Waals surface area contributed by atoms with Crippen molar-refractivity contribution in [2.24, 2.45) is 0 Å². The number of hydrogen-bond donors (Lipinski definition) is 0. The molecule has 0 unspecified atom stereocenters. The third-order valence-corrected chi connectivity index (χ3v) is 7.35. The van der Waals surface area contributed by atoms with E-state index >= 15 is 0 Å². The maximum Gasteiger partial charge on any atom is 0.294 e. The number of hydrogen-bond acceptors (Lipinski definition) is 7. The Labute approximate surface area is 227 Å². The van der Waals surface area contributed by atoms with Gasteiger partial charge in [0.15, 0.2) is 11.5 Å². The smallest absolute Gasteiger partial charge is 0.294 e. The largest absolute Gasteiger partial charge is 0.493 e. The van der Waals surface area contributed by atoms with Gasteiger partial charge in [0.2, 0.25) is 5.91 Å². The molecular formula is C29H34N2O6S. The number of ether oxygens (including phenoxy) is 3. The monoisotopic (exact) mass is 538 g/mol. The molecule has 3 amide bonds. The summed E-state index contributed by atoms with van der Waals surface area (Å²) in [4.78, 5) is 40.7. The Balaban J connectivity index is 1.33. The van der Waals surface area contributed by atoms with E-state index in [0.29, 0.717) is 43.4 Å². The fourth-order valence-corrected chi connectivity index (χ4v) is 5.08. The van der Waals surface area contributed by atoms with Gasteiger partial charge in [0.05, 0.1) is 12.0 Å². The summed E-state index contributed by atoms with van der Waals surface area (Å²) in [5, 5.41) is -0.436. The zero-order chi connectivity index (χ0) is 27.3. The molecule has 38 heavy (non-hydrogen) atoms. The van der Waals surface area contributed by atoms with Crippen molar-refractivity contribution in [3.8, 4) is 17.2 Å². The molecule has 0 N–H and O–H groups in total. The molecule has 2 heterocycles. The SMILES string of the molecule is COc1cc(/C=C2\SC(=O)N(CC(=O)N3CCCC3)C2=O)ccc1OCCOc1ccc(C(C)(C)C)cc1. The summed E-state index contributed by atoms with van der Waals surface area (Å²) in [7, 11) is 1.54. The van der Waals surface area contributed by atoms with Crippen LogP contribution in [-0.2, 0) is 15.0 Å². The van der Waals surface area contributed by atoms with Gasteiger partial charge < -0.3 is 19.1 Å². The third kappa shape index (κ3) is 6.69. The Morgan fingerprint density at radius 2 is 1.66 bits per heavy atom. The van der Waals surface area contributed by atoms with Crippen molar-refractivity contribution in [1.29, 1.82) is 0 Å². The van der Waals surface area contributed by atoms with Crippen LogP contribution < -0.4 is 14.2 Å². The molecule has 2 aliphatic rings. The molecule has 2 saturated heterocycles. The highest BCUT2D eigenvalue weighted by molar-refractivity contribution is 8.18. The van der Waals surface area contributed by atoms with Gasteiger partial charge in [0, 0.05) is 13.1 Å². The predicted octanol–water partition coefficient (Wildman–Crippen LogP) is 5.11. The molecule has 0 spiro atoms. The normalized spacial score (nSPS) is 16.9. The lowest BCUT2D eigenvalue weighted by Gasteiger charge is -2.19. The van der Waals surface area contributed by atoms with Gasteiger partial charge in [-0.25, -0.2) is 0 Å². The molecule has 0 bridgehead atoms. The van der Waals surface area contributed by atoms with Gasteiger partial charge in [-0.3, -0.25) is 19.3 Å². The number of amides is 3. The number of rotatable bonds is 9. The van der Waals surface area contributed by atoms with Crippen LogP contribution in [0.3, 0.4) is 0 Å². The fourth-order valence-electron chi connectivity index (χ4n) is 4.24. The Morgan fingerprint density at radius 3 is 2.32 bits per heavy atom. The first-order chi connectivity index (χ1) is 18.2. The Hall–Kier alpha value is -3.46. The first-order valence-corrected chi connectivity index (χ1v) is 13.5. The molecule has 0 radical (unpaired) electrons. The standard InChI is InChI=1S/C29H34N2O6S/c1-29(2,3)21-8-10-22(11-9-21)36-15-16-37-23-12-7-20(17-24(23)35-4)18-25-27(33)31(28(34)38-25)19-26(32)30-13-5-6-14-30/h7-12,17-18H,5-6,13-16,19H2,1-4H3/b25-18-. The van der Waals surface area contributed by atoms with E-state index in [9.17, 15) is 14.4 Å². The summed E-state index contributed by atoms with van der Waals surface area (Å²) < 4.78 is 17.1. The highest BCUT2D eigenvalue weighted by Gasteiger charge is 2.37. The maximum absolute atomic E-state index is 12.8. The molecule has 202 valence electrons. The minimum atomic E-state index is -0.459. The number of nitrogens with zero attached hydrogens (tertiary/aromatic N) is 2. The minimum Gasteiger partial charge on any atom is -0.493 e. The summed E-state index contributed by atoms with van der Waals surface area (Å²) in [6, 6.07) is 13.3. The predicted molar refractivity (Wildman–Crippen MR) is 148 cm³/mol. The van der Waals surface area contributed by atoms with E-state index < -0.39 is 11.1 Å². The van der Waals surface area contributed by atoms with Gasteiger partial charge in [-0.1, -0.05) is 39.0 Å². The highest BCUT2D eigenvalue weighted by Crippen LogP contribution is 2.34. The number of carbonyl (C=O) groups is 3. The van der Waals surface area contributed by atoms with Gasteiger partial charge in [-0.15, -0.1) is 0 Å². The number of likely N-dealkylation sites (tertiary alicyclic amines) is 1. The Morgan fingerprint density at radius 1 is 0.974 bits per heavy atom. The Bertz CT molecular complexity index is 1210. The van der Waals surface area contributed by atoms with E-state index in [-0.39, 0.29) is 22.8 Å². The number of carbonyl (C=O) groups excluding carboxylic acids is 3. The van der Waals surface area contributed by atoms with Crippen LogP contribution >= 0.6 is 11.8 Å². The molecule has 8 nitrogen and oxygen atoms in total. The molecule has 0 aliphatic carbocycles. The van der Waals surface area contributed by atoms with Crippen molar-refractivity contribution < 1.29 is 28.6 Å². The average molecular weight is 539 g/mol. The molecule has 2 fully saturated rings. The van der Waals surface area contributed by atoms with E-state index in [1.54, 1.807) is 29.2 Å². The molecule has 2 aliphatic heterocycles. The summed E-state index contributed by atoms with van der Waals surface area (Å²) in [6.45, 7) is 8.32. The van der Waals surface area contributed by atoms with E-state index in [4.69, 9.17) is 14.2 Å². The van der Waals surface area contributed by atoms with E-state index in [0.717, 1.165) is 35.3 Å². The van der Waals surface area contributed by atoms with Crippen molar-refractivity contribution in [2.75, 3.05) is 40.0 Å². The van der Waals surface area contributed by atoms with Crippen LogP contribution in [0.1, 0.15) is 44.7 Å². The first kappa shape index (κ1) is 27.6. The van der Waals surface area contributed by atoms with Crippen LogP contribution in [0.4, 0.5) is 4.79 Å². The van der Waals surface area contributed by atoms with Crippen molar-refractivity contribution in [1.82, 2.24) is 9.80 Å².